The van der Waals surface area contributed by atoms with Crippen LogP contribution in [0.25, 0.3) is 0 Å². The number of amides is 2. The fraction of sp³-hybridized carbons (Fsp3) is 0.278. The number of anilines is 1. The number of hydrogen-bond donors (Lipinski definition) is 3. The van der Waals surface area contributed by atoms with Crippen molar-refractivity contribution in [2.45, 2.75) is 26.2 Å². The third-order valence-electron chi connectivity index (χ3n) is 4.34. The molecule has 152 valence electrons. The van der Waals surface area contributed by atoms with Gasteiger partial charge in [-0.05, 0) is 56.1 Å². The maximum Gasteiger partial charge on any atom is 0.311 e. The molecule has 29 heavy (non-hydrogen) atoms. The third-order valence-corrected chi connectivity index (χ3v) is 5.75. The molecule has 1 aliphatic rings. The molecule has 0 radical (unpaired) electrons. The molecule has 9 nitrogen and oxygen atoms in total. The van der Waals surface area contributed by atoms with Gasteiger partial charge in [-0.15, -0.1) is 11.3 Å². The summed E-state index contributed by atoms with van der Waals surface area (Å²) >= 11 is 6.56. The van der Waals surface area contributed by atoms with Gasteiger partial charge in [-0.1, -0.05) is 0 Å². The number of nitro groups is 1. The molecule has 0 saturated heterocycles. The van der Waals surface area contributed by atoms with Crippen LogP contribution in [-0.4, -0.2) is 28.5 Å². The molecule has 1 heterocycles. The Morgan fingerprint density at radius 1 is 1.38 bits per heavy atom. The zero-order chi connectivity index (χ0) is 21.1. The number of nitrogens with two attached hydrogens (primary N) is 1. The van der Waals surface area contributed by atoms with Gasteiger partial charge in [0.1, 0.15) is 5.00 Å². The van der Waals surface area contributed by atoms with Gasteiger partial charge < -0.3 is 15.8 Å². The molecular formula is C18H18N4O5S2. The number of nitrogens with zero attached hydrogens (tertiary/aromatic N) is 1. The number of nitrogens with one attached hydrogen (secondary N) is 2. The minimum atomic E-state index is -0.627. The van der Waals surface area contributed by atoms with Crippen molar-refractivity contribution in [1.29, 1.82) is 0 Å². The zero-order valence-electron chi connectivity index (χ0n) is 15.4. The van der Waals surface area contributed by atoms with Crippen molar-refractivity contribution in [3.63, 3.8) is 0 Å². The quantitative estimate of drug-likeness (QED) is 0.361. The summed E-state index contributed by atoms with van der Waals surface area (Å²) in [6, 6.07) is 3.89. The van der Waals surface area contributed by atoms with Crippen molar-refractivity contribution in [3.05, 3.63) is 49.9 Å². The molecule has 2 aromatic rings. The predicted octanol–water partition coefficient (Wildman–Crippen LogP) is 2.77. The van der Waals surface area contributed by atoms with Crippen molar-refractivity contribution in [2.75, 3.05) is 11.9 Å². The number of primary amides is 1. The van der Waals surface area contributed by atoms with E-state index in [2.05, 4.69) is 10.6 Å². The Bertz CT molecular complexity index is 1020. The second-order valence-corrected chi connectivity index (χ2v) is 7.72. The van der Waals surface area contributed by atoms with E-state index in [1.165, 1.54) is 23.5 Å². The summed E-state index contributed by atoms with van der Waals surface area (Å²) in [5, 5.41) is 17.0. The summed E-state index contributed by atoms with van der Waals surface area (Å²) in [4.78, 5) is 36.0. The first kappa shape index (κ1) is 20.7. The number of nitro benzene ring substituents is 1. The molecule has 0 saturated carbocycles. The van der Waals surface area contributed by atoms with Gasteiger partial charge in [0.05, 0.1) is 17.1 Å². The first-order chi connectivity index (χ1) is 13.8. The summed E-state index contributed by atoms with van der Waals surface area (Å²) in [5.41, 5.74) is 6.57. The van der Waals surface area contributed by atoms with Crippen molar-refractivity contribution in [3.8, 4) is 5.75 Å². The average molecular weight is 434 g/mol. The van der Waals surface area contributed by atoms with Crippen LogP contribution in [0.15, 0.2) is 18.2 Å². The molecule has 0 aliphatic heterocycles. The number of carbonyl (C=O) groups is 2. The second-order valence-electron chi connectivity index (χ2n) is 6.21. The highest BCUT2D eigenvalue weighted by Gasteiger charge is 2.26. The van der Waals surface area contributed by atoms with Gasteiger partial charge in [0.25, 0.3) is 11.8 Å². The Balaban J connectivity index is 1.75. The van der Waals surface area contributed by atoms with Crippen LogP contribution in [0.2, 0.25) is 0 Å². The largest absolute Gasteiger partial charge is 0.487 e. The molecule has 4 N–H and O–H groups in total. The van der Waals surface area contributed by atoms with Gasteiger partial charge in [-0.25, -0.2) is 0 Å². The summed E-state index contributed by atoms with van der Waals surface area (Å²) < 4.78 is 5.20. The maximum atomic E-state index is 12.5. The smallest absolute Gasteiger partial charge is 0.311 e. The van der Waals surface area contributed by atoms with Crippen LogP contribution >= 0.6 is 23.6 Å². The van der Waals surface area contributed by atoms with Crippen molar-refractivity contribution in [1.82, 2.24) is 5.32 Å². The van der Waals surface area contributed by atoms with Crippen molar-refractivity contribution < 1.29 is 19.2 Å². The van der Waals surface area contributed by atoms with Crippen LogP contribution in [-0.2, 0) is 12.8 Å². The molecule has 0 spiro atoms. The van der Waals surface area contributed by atoms with Gasteiger partial charge in [-0.3, -0.25) is 25.0 Å². The molecule has 0 bridgehead atoms. The van der Waals surface area contributed by atoms with E-state index in [1.807, 2.05) is 0 Å². The first-order valence-corrected chi connectivity index (χ1v) is 10.0. The van der Waals surface area contributed by atoms with Crippen LogP contribution in [0.3, 0.4) is 0 Å². The molecule has 1 aromatic carbocycles. The highest BCUT2D eigenvalue weighted by Crippen LogP contribution is 2.38. The lowest BCUT2D eigenvalue weighted by molar-refractivity contribution is -0.385. The monoisotopic (exact) mass is 434 g/mol. The molecule has 1 aromatic heterocycles. The van der Waals surface area contributed by atoms with Gasteiger partial charge in [0.15, 0.2) is 10.9 Å². The van der Waals surface area contributed by atoms with E-state index in [9.17, 15) is 19.7 Å². The number of thiocarbonyl (C=S) groups is 1. The standard InChI is InChI=1S/C18H18N4O5S2/c1-2-27-12-7-6-9(8-11(12)22(25)26)16(24)20-18(28)21-17-14(15(19)23)10-4-3-5-13(10)29-17/h6-8H,2-5H2,1H3,(H2,19,23)(H2,20,21,24,28). The fourth-order valence-electron chi connectivity index (χ4n) is 3.14. The molecule has 0 unspecified atom stereocenters. The Morgan fingerprint density at radius 2 is 2.14 bits per heavy atom. The van der Waals surface area contributed by atoms with E-state index in [0.29, 0.717) is 10.6 Å². The highest BCUT2D eigenvalue weighted by atomic mass is 32.1. The number of thiophene rings is 1. The summed E-state index contributed by atoms with van der Waals surface area (Å²) in [6.07, 6.45) is 2.62. The van der Waals surface area contributed by atoms with Gasteiger partial charge in [0.2, 0.25) is 0 Å². The Hall–Kier alpha value is -3.05. The normalized spacial score (nSPS) is 12.2. The average Bonchev–Trinajstić information content (AvgIpc) is 3.22. The maximum absolute atomic E-state index is 12.5. The van der Waals surface area contributed by atoms with Crippen LogP contribution < -0.4 is 21.1 Å². The minimum absolute atomic E-state index is 0.0334. The Morgan fingerprint density at radius 3 is 2.79 bits per heavy atom. The predicted molar refractivity (Wildman–Crippen MR) is 113 cm³/mol. The molecule has 11 heteroatoms. The van der Waals surface area contributed by atoms with E-state index >= 15 is 0 Å². The zero-order valence-corrected chi connectivity index (χ0v) is 17.1. The van der Waals surface area contributed by atoms with Crippen LogP contribution in [0.5, 0.6) is 5.75 Å². The Kier molecular flexibility index (Phi) is 6.09. The van der Waals surface area contributed by atoms with Gasteiger partial charge in [-0.2, -0.15) is 0 Å². The molecular weight excluding hydrogens is 416 g/mol. The summed E-state index contributed by atoms with van der Waals surface area (Å²) in [7, 11) is 0. The van der Waals surface area contributed by atoms with Crippen LogP contribution in [0, 0.1) is 10.1 Å². The number of fused-ring (bicyclic) bond motifs is 1. The van der Waals surface area contributed by atoms with E-state index in [0.717, 1.165) is 35.8 Å². The van der Waals surface area contributed by atoms with Crippen LogP contribution in [0.1, 0.15) is 44.5 Å². The van der Waals surface area contributed by atoms with E-state index in [4.69, 9.17) is 22.7 Å². The van der Waals surface area contributed by atoms with Gasteiger partial charge >= 0.3 is 5.69 Å². The van der Waals surface area contributed by atoms with Crippen LogP contribution in [0.4, 0.5) is 10.7 Å². The van der Waals surface area contributed by atoms with E-state index < -0.39 is 16.7 Å². The minimum Gasteiger partial charge on any atom is -0.487 e. The SMILES string of the molecule is CCOc1ccc(C(=O)NC(=S)Nc2sc3c(c2C(N)=O)CCC3)cc1[N+](=O)[O-]. The van der Waals surface area contributed by atoms with Crippen molar-refractivity contribution >= 4 is 51.2 Å². The lowest BCUT2D eigenvalue weighted by atomic mass is 10.1. The molecule has 2 amide bonds. The summed E-state index contributed by atoms with van der Waals surface area (Å²) in [5.74, 6) is -1.10. The number of hydrogen-bond acceptors (Lipinski definition) is 7. The summed E-state index contributed by atoms with van der Waals surface area (Å²) in [6.45, 7) is 1.96. The molecule has 0 fully saturated rings. The lowest BCUT2D eigenvalue weighted by Crippen LogP contribution is -2.34. The first-order valence-electron chi connectivity index (χ1n) is 8.79. The number of ether oxygens (including phenoxy) is 1. The number of rotatable bonds is 6. The third kappa shape index (κ3) is 4.35. The number of carbonyl (C=O) groups excluding carboxylic acids is 2. The number of benzene rings is 1. The van der Waals surface area contributed by atoms with Crippen molar-refractivity contribution in [2.24, 2.45) is 5.73 Å². The molecule has 1 aliphatic carbocycles. The lowest BCUT2D eigenvalue weighted by Gasteiger charge is -2.10. The van der Waals surface area contributed by atoms with Gasteiger partial charge in [0, 0.05) is 16.5 Å². The fourth-order valence-corrected chi connectivity index (χ4v) is 4.70. The topological polar surface area (TPSA) is 137 Å². The second kappa shape index (κ2) is 8.53. The van der Waals surface area contributed by atoms with E-state index in [-0.39, 0.29) is 28.7 Å². The molecule has 3 rings (SSSR count). The number of aryl methyl sites for hydroxylation is 1. The molecule has 0 atom stereocenters. The Labute approximate surface area is 175 Å². The highest BCUT2D eigenvalue weighted by molar-refractivity contribution is 7.80. The van der Waals surface area contributed by atoms with E-state index in [1.54, 1.807) is 6.92 Å².